The highest BCUT2D eigenvalue weighted by atomic mass is 16.2. The van der Waals surface area contributed by atoms with Crippen molar-refractivity contribution in [1.29, 1.82) is 0 Å². The highest BCUT2D eigenvalue weighted by molar-refractivity contribution is 5.88. The molecular formula is C11H21NO2. The lowest BCUT2D eigenvalue weighted by Crippen LogP contribution is -2.42. The number of carbonyl (C=O) groups excluding carboxylic acids is 2. The Morgan fingerprint density at radius 1 is 1.07 bits per heavy atom. The third-order valence-corrected chi connectivity index (χ3v) is 2.57. The topological polar surface area (TPSA) is 46.2 Å². The summed E-state index contributed by atoms with van der Waals surface area (Å²) in [6.07, 6.45) is 2.33. The van der Waals surface area contributed by atoms with Crippen LogP contribution in [0.5, 0.6) is 0 Å². The molecule has 0 radical (unpaired) electrons. The van der Waals surface area contributed by atoms with Crippen molar-refractivity contribution in [1.82, 2.24) is 5.32 Å². The van der Waals surface area contributed by atoms with Crippen molar-refractivity contribution in [3.63, 3.8) is 0 Å². The van der Waals surface area contributed by atoms with Crippen LogP contribution in [0.25, 0.3) is 0 Å². The zero-order chi connectivity index (χ0) is 11.1. The molecule has 1 amide bonds. The van der Waals surface area contributed by atoms with Crippen LogP contribution in [0.15, 0.2) is 0 Å². The molecular weight excluding hydrogens is 178 g/mol. The number of Topliss-reactive ketones (excluding diaryl/α,β-unsaturated/α-hetero) is 1. The second-order valence-electron chi connectivity index (χ2n) is 3.59. The summed E-state index contributed by atoms with van der Waals surface area (Å²) < 4.78 is 0. The Bertz CT molecular complexity index is 197. The molecule has 82 valence electrons. The van der Waals surface area contributed by atoms with Crippen molar-refractivity contribution in [2.45, 2.75) is 53.0 Å². The highest BCUT2D eigenvalue weighted by Gasteiger charge is 2.19. The first-order valence-electron chi connectivity index (χ1n) is 5.37. The van der Waals surface area contributed by atoms with Crippen LogP contribution < -0.4 is 5.32 Å². The van der Waals surface area contributed by atoms with Crippen LogP contribution in [0.1, 0.15) is 47.0 Å². The van der Waals surface area contributed by atoms with Gasteiger partial charge < -0.3 is 5.32 Å². The summed E-state index contributed by atoms with van der Waals surface area (Å²) in [6.45, 7) is 7.39. The van der Waals surface area contributed by atoms with Crippen LogP contribution in [-0.4, -0.2) is 17.7 Å². The number of hydrogen-bond acceptors (Lipinski definition) is 2. The summed E-state index contributed by atoms with van der Waals surface area (Å²) in [4.78, 5) is 22.7. The quantitative estimate of drug-likeness (QED) is 0.710. The van der Waals surface area contributed by atoms with E-state index in [-0.39, 0.29) is 23.7 Å². The van der Waals surface area contributed by atoms with Gasteiger partial charge in [-0.25, -0.2) is 0 Å². The monoisotopic (exact) mass is 199 g/mol. The molecule has 3 nitrogen and oxygen atoms in total. The summed E-state index contributed by atoms with van der Waals surface area (Å²) in [5, 5.41) is 2.78. The molecule has 0 saturated heterocycles. The van der Waals surface area contributed by atoms with Crippen molar-refractivity contribution in [2.75, 3.05) is 0 Å². The lowest BCUT2D eigenvalue weighted by molar-refractivity contribution is -0.129. The van der Waals surface area contributed by atoms with E-state index in [0.717, 1.165) is 12.8 Å². The molecule has 0 aromatic carbocycles. The number of carbonyl (C=O) groups is 2. The third kappa shape index (κ3) is 3.90. The van der Waals surface area contributed by atoms with Gasteiger partial charge in [-0.3, -0.25) is 9.59 Å². The van der Waals surface area contributed by atoms with Crippen LogP contribution in [-0.2, 0) is 9.59 Å². The molecule has 0 fully saturated rings. The highest BCUT2D eigenvalue weighted by Crippen LogP contribution is 2.08. The molecule has 0 rings (SSSR count). The maximum Gasteiger partial charge on any atom is 0.223 e. The van der Waals surface area contributed by atoms with E-state index in [1.54, 1.807) is 0 Å². The second kappa shape index (κ2) is 6.57. The van der Waals surface area contributed by atoms with E-state index in [2.05, 4.69) is 5.32 Å². The van der Waals surface area contributed by atoms with Crippen molar-refractivity contribution in [2.24, 2.45) is 5.92 Å². The van der Waals surface area contributed by atoms with Gasteiger partial charge in [0, 0.05) is 5.92 Å². The van der Waals surface area contributed by atoms with Crippen LogP contribution in [0.3, 0.4) is 0 Å². The minimum Gasteiger partial charge on any atom is -0.346 e. The summed E-state index contributed by atoms with van der Waals surface area (Å²) in [6, 6.07) is -0.303. The fourth-order valence-corrected chi connectivity index (χ4v) is 1.44. The minimum absolute atomic E-state index is 0.0112. The average molecular weight is 199 g/mol. The lowest BCUT2D eigenvalue weighted by Gasteiger charge is -2.18. The Balaban J connectivity index is 4.20. The molecule has 0 aromatic heterocycles. The lowest BCUT2D eigenvalue weighted by atomic mass is 10.0. The molecule has 1 atom stereocenters. The summed E-state index contributed by atoms with van der Waals surface area (Å²) in [7, 11) is 0. The van der Waals surface area contributed by atoms with Gasteiger partial charge in [-0.15, -0.1) is 0 Å². The summed E-state index contributed by atoms with van der Waals surface area (Å²) in [5.74, 6) is 0.0901. The third-order valence-electron chi connectivity index (χ3n) is 2.57. The maximum atomic E-state index is 11.6. The Labute approximate surface area is 86.3 Å². The van der Waals surface area contributed by atoms with Crippen molar-refractivity contribution in [3.8, 4) is 0 Å². The van der Waals surface area contributed by atoms with Gasteiger partial charge in [-0.2, -0.15) is 0 Å². The van der Waals surface area contributed by atoms with Crippen molar-refractivity contribution < 1.29 is 9.59 Å². The van der Waals surface area contributed by atoms with Crippen molar-refractivity contribution >= 4 is 11.7 Å². The standard InChI is InChI=1S/C11H21NO2/c1-5-9(6-2)11(14)12-10(7-3)8(4)13/h9-10H,5-7H2,1-4H3,(H,12,14). The van der Waals surface area contributed by atoms with Crippen LogP contribution in [0, 0.1) is 5.92 Å². The van der Waals surface area contributed by atoms with Gasteiger partial charge in [0.2, 0.25) is 5.91 Å². The van der Waals surface area contributed by atoms with Gasteiger partial charge in [-0.05, 0) is 26.2 Å². The van der Waals surface area contributed by atoms with E-state index in [4.69, 9.17) is 0 Å². The smallest absolute Gasteiger partial charge is 0.223 e. The van der Waals surface area contributed by atoms with Crippen LogP contribution >= 0.6 is 0 Å². The zero-order valence-electron chi connectivity index (χ0n) is 9.59. The number of hydrogen-bond donors (Lipinski definition) is 1. The van der Waals surface area contributed by atoms with Gasteiger partial charge in [0.05, 0.1) is 6.04 Å². The largest absolute Gasteiger partial charge is 0.346 e. The molecule has 0 aliphatic rings. The molecule has 0 aromatic rings. The Hall–Kier alpha value is -0.860. The van der Waals surface area contributed by atoms with E-state index in [1.165, 1.54) is 6.92 Å². The van der Waals surface area contributed by atoms with E-state index in [1.807, 2.05) is 20.8 Å². The van der Waals surface area contributed by atoms with E-state index < -0.39 is 0 Å². The molecule has 1 N–H and O–H groups in total. The molecule has 1 unspecified atom stereocenters. The molecule has 0 aliphatic heterocycles. The fourth-order valence-electron chi connectivity index (χ4n) is 1.44. The van der Waals surface area contributed by atoms with Crippen molar-refractivity contribution in [3.05, 3.63) is 0 Å². The Kier molecular flexibility index (Phi) is 6.17. The van der Waals surface area contributed by atoms with Gasteiger partial charge in [0.1, 0.15) is 0 Å². The first-order chi connectivity index (χ1) is 6.56. The number of amides is 1. The predicted molar refractivity (Wildman–Crippen MR) is 57.0 cm³/mol. The maximum absolute atomic E-state index is 11.6. The zero-order valence-corrected chi connectivity index (χ0v) is 9.59. The Morgan fingerprint density at radius 3 is 1.86 bits per heavy atom. The van der Waals surface area contributed by atoms with Crippen LogP contribution in [0.2, 0.25) is 0 Å². The number of nitrogens with one attached hydrogen (secondary N) is 1. The second-order valence-corrected chi connectivity index (χ2v) is 3.59. The SMILES string of the molecule is CCC(CC)C(=O)NC(CC)C(C)=O. The number of rotatable bonds is 6. The van der Waals surface area contributed by atoms with E-state index in [9.17, 15) is 9.59 Å². The molecule has 0 saturated carbocycles. The van der Waals surface area contributed by atoms with Gasteiger partial charge in [0.25, 0.3) is 0 Å². The summed E-state index contributed by atoms with van der Waals surface area (Å²) in [5.41, 5.74) is 0. The Morgan fingerprint density at radius 2 is 1.57 bits per heavy atom. The molecule has 14 heavy (non-hydrogen) atoms. The van der Waals surface area contributed by atoms with Crippen LogP contribution in [0.4, 0.5) is 0 Å². The first kappa shape index (κ1) is 13.1. The van der Waals surface area contributed by atoms with Gasteiger partial charge in [-0.1, -0.05) is 20.8 Å². The normalized spacial score (nSPS) is 12.6. The van der Waals surface area contributed by atoms with E-state index >= 15 is 0 Å². The average Bonchev–Trinajstić information content (AvgIpc) is 2.15. The molecule has 0 heterocycles. The van der Waals surface area contributed by atoms with E-state index in [0.29, 0.717) is 6.42 Å². The minimum atomic E-state index is -0.303. The molecule has 3 heteroatoms. The fraction of sp³-hybridized carbons (Fsp3) is 0.818. The summed E-state index contributed by atoms with van der Waals surface area (Å²) >= 11 is 0. The van der Waals surface area contributed by atoms with Gasteiger partial charge in [0.15, 0.2) is 5.78 Å². The molecule has 0 spiro atoms. The first-order valence-corrected chi connectivity index (χ1v) is 5.37. The molecule has 0 bridgehead atoms. The predicted octanol–water partition coefficient (Wildman–Crippen LogP) is 1.91. The van der Waals surface area contributed by atoms with Gasteiger partial charge >= 0.3 is 0 Å². The number of ketones is 1. The molecule has 0 aliphatic carbocycles.